The van der Waals surface area contributed by atoms with Crippen molar-refractivity contribution >= 4 is 22.9 Å². The lowest BCUT2D eigenvalue weighted by Crippen LogP contribution is -2.39. The summed E-state index contributed by atoms with van der Waals surface area (Å²) >= 11 is 5.44. The minimum absolute atomic E-state index is 0.247. The van der Waals surface area contributed by atoms with Gasteiger partial charge in [0.15, 0.2) is 0 Å². The van der Waals surface area contributed by atoms with Crippen LogP contribution < -0.4 is 0 Å². The minimum Gasteiger partial charge on any atom is -0.447 e. The molecule has 1 aromatic rings. The third-order valence-electron chi connectivity index (χ3n) is 2.84. The molecule has 2 atom stereocenters. The summed E-state index contributed by atoms with van der Waals surface area (Å²) in [5.41, 5.74) is 0.933. The van der Waals surface area contributed by atoms with Crippen molar-refractivity contribution in [2.24, 2.45) is 0 Å². The van der Waals surface area contributed by atoms with Crippen LogP contribution in [0.25, 0.3) is 0 Å². The first-order chi connectivity index (χ1) is 8.11. The van der Waals surface area contributed by atoms with Crippen LogP contribution in [-0.4, -0.2) is 28.9 Å². The molecule has 1 aliphatic rings. The standard InChI is InChI=1S/C12H12ClNO3/c1-8(11(13)15)14-10(7-17-12(14)16)9-5-3-2-4-6-9/h2-6,8,10H,7H2,1H3/t8?,10-/m1/s1. The van der Waals surface area contributed by atoms with Crippen LogP contribution >= 0.6 is 11.6 Å². The molecular formula is C12H12ClNO3. The molecule has 4 nitrogen and oxygen atoms in total. The second-order valence-electron chi connectivity index (χ2n) is 3.89. The molecule has 0 aliphatic carbocycles. The molecular weight excluding hydrogens is 242 g/mol. The van der Waals surface area contributed by atoms with Crippen LogP contribution in [0.3, 0.4) is 0 Å². The van der Waals surface area contributed by atoms with Crippen LogP contribution in [-0.2, 0) is 9.53 Å². The highest BCUT2D eigenvalue weighted by Crippen LogP contribution is 2.30. The number of nitrogens with zero attached hydrogens (tertiary/aromatic N) is 1. The Kier molecular flexibility index (Phi) is 3.33. The summed E-state index contributed by atoms with van der Waals surface area (Å²) in [4.78, 5) is 24.1. The van der Waals surface area contributed by atoms with Gasteiger partial charge in [-0.1, -0.05) is 30.3 Å². The van der Waals surface area contributed by atoms with Crippen LogP contribution in [0.15, 0.2) is 30.3 Å². The van der Waals surface area contributed by atoms with Gasteiger partial charge in [0, 0.05) is 0 Å². The summed E-state index contributed by atoms with van der Waals surface area (Å²) in [5, 5.41) is -0.565. The van der Waals surface area contributed by atoms with Crippen molar-refractivity contribution in [3.63, 3.8) is 0 Å². The molecule has 17 heavy (non-hydrogen) atoms. The number of carbonyl (C=O) groups is 2. The molecule has 0 bridgehead atoms. The Hall–Kier alpha value is -1.55. The van der Waals surface area contributed by atoms with E-state index in [1.54, 1.807) is 6.92 Å². The summed E-state index contributed by atoms with van der Waals surface area (Å²) in [6, 6.07) is 8.50. The van der Waals surface area contributed by atoms with Gasteiger partial charge in [0.1, 0.15) is 12.6 Å². The number of cyclic esters (lactones) is 1. The van der Waals surface area contributed by atoms with Gasteiger partial charge in [0.05, 0.1) is 6.04 Å². The molecule has 1 aliphatic heterocycles. The number of halogens is 1. The van der Waals surface area contributed by atoms with E-state index < -0.39 is 17.4 Å². The normalized spacial score (nSPS) is 21.2. The van der Waals surface area contributed by atoms with E-state index in [9.17, 15) is 9.59 Å². The van der Waals surface area contributed by atoms with Crippen molar-refractivity contribution in [3.8, 4) is 0 Å². The molecule has 1 amide bonds. The fraction of sp³-hybridized carbons (Fsp3) is 0.333. The Bertz CT molecular complexity index is 435. The largest absolute Gasteiger partial charge is 0.447 e. The van der Waals surface area contributed by atoms with Crippen LogP contribution in [0.5, 0.6) is 0 Å². The number of rotatable bonds is 3. The van der Waals surface area contributed by atoms with E-state index in [4.69, 9.17) is 16.3 Å². The molecule has 5 heteroatoms. The third-order valence-corrected chi connectivity index (χ3v) is 3.16. The maximum Gasteiger partial charge on any atom is 0.411 e. The molecule has 0 N–H and O–H groups in total. The van der Waals surface area contributed by atoms with Crippen molar-refractivity contribution in [2.75, 3.05) is 6.61 Å². The Labute approximate surface area is 104 Å². The lowest BCUT2D eigenvalue weighted by Gasteiger charge is -2.25. The molecule has 1 aromatic carbocycles. The quantitative estimate of drug-likeness (QED) is 0.777. The average molecular weight is 254 g/mol. The van der Waals surface area contributed by atoms with E-state index in [0.717, 1.165) is 5.56 Å². The van der Waals surface area contributed by atoms with Gasteiger partial charge in [-0.05, 0) is 24.1 Å². The first kappa shape index (κ1) is 11.9. The summed E-state index contributed by atoms with van der Waals surface area (Å²) < 4.78 is 4.98. The fourth-order valence-electron chi connectivity index (χ4n) is 1.90. The molecule has 0 spiro atoms. The predicted molar refractivity (Wildman–Crippen MR) is 62.7 cm³/mol. The summed E-state index contributed by atoms with van der Waals surface area (Å²) in [6.07, 6.45) is -0.500. The zero-order valence-electron chi connectivity index (χ0n) is 9.30. The number of ether oxygens (including phenoxy) is 1. The topological polar surface area (TPSA) is 46.6 Å². The van der Waals surface area contributed by atoms with Crippen molar-refractivity contribution in [1.82, 2.24) is 4.90 Å². The Balaban J connectivity index is 2.28. The molecule has 1 fully saturated rings. The fourth-order valence-corrected chi connectivity index (χ4v) is 2.01. The Morgan fingerprint density at radius 3 is 2.71 bits per heavy atom. The second-order valence-corrected chi connectivity index (χ2v) is 4.26. The summed E-state index contributed by atoms with van der Waals surface area (Å²) in [7, 11) is 0. The minimum atomic E-state index is -0.683. The van der Waals surface area contributed by atoms with E-state index in [-0.39, 0.29) is 12.6 Å². The highest BCUT2D eigenvalue weighted by molar-refractivity contribution is 6.64. The van der Waals surface area contributed by atoms with Crippen molar-refractivity contribution in [1.29, 1.82) is 0 Å². The number of hydrogen-bond acceptors (Lipinski definition) is 3. The molecule has 1 unspecified atom stereocenters. The van der Waals surface area contributed by atoms with E-state index in [0.29, 0.717) is 0 Å². The molecule has 90 valence electrons. The SMILES string of the molecule is CC(C(=O)Cl)N1C(=O)OC[C@@H]1c1ccccc1. The van der Waals surface area contributed by atoms with Gasteiger partial charge >= 0.3 is 6.09 Å². The predicted octanol–water partition coefficient (Wildman–Crippen LogP) is 2.33. The van der Waals surface area contributed by atoms with E-state index >= 15 is 0 Å². The van der Waals surface area contributed by atoms with Crippen LogP contribution in [0, 0.1) is 0 Å². The first-order valence-corrected chi connectivity index (χ1v) is 5.68. The maximum absolute atomic E-state index is 11.6. The Morgan fingerprint density at radius 2 is 2.12 bits per heavy atom. The number of hydrogen-bond donors (Lipinski definition) is 0. The van der Waals surface area contributed by atoms with Crippen molar-refractivity contribution in [3.05, 3.63) is 35.9 Å². The third kappa shape index (κ3) is 2.26. The van der Waals surface area contributed by atoms with Crippen molar-refractivity contribution < 1.29 is 14.3 Å². The summed E-state index contributed by atoms with van der Waals surface area (Å²) in [6.45, 7) is 1.84. The molecule has 2 rings (SSSR count). The summed E-state index contributed by atoms with van der Waals surface area (Å²) in [5.74, 6) is 0. The van der Waals surface area contributed by atoms with Crippen LogP contribution in [0.2, 0.25) is 0 Å². The van der Waals surface area contributed by atoms with Gasteiger partial charge < -0.3 is 4.74 Å². The average Bonchev–Trinajstić information content (AvgIpc) is 2.71. The van der Waals surface area contributed by atoms with Gasteiger partial charge in [-0.3, -0.25) is 9.69 Å². The lowest BCUT2D eigenvalue weighted by atomic mass is 10.1. The van der Waals surface area contributed by atoms with Gasteiger partial charge in [-0.2, -0.15) is 0 Å². The molecule has 0 radical (unpaired) electrons. The Morgan fingerprint density at radius 1 is 1.47 bits per heavy atom. The number of carbonyl (C=O) groups excluding carboxylic acids is 2. The molecule has 1 saturated heterocycles. The lowest BCUT2D eigenvalue weighted by molar-refractivity contribution is -0.115. The monoisotopic (exact) mass is 253 g/mol. The van der Waals surface area contributed by atoms with Crippen LogP contribution in [0.1, 0.15) is 18.5 Å². The molecule has 1 heterocycles. The van der Waals surface area contributed by atoms with Gasteiger partial charge in [0.2, 0.25) is 5.24 Å². The number of benzene rings is 1. The van der Waals surface area contributed by atoms with Gasteiger partial charge in [-0.25, -0.2) is 4.79 Å². The van der Waals surface area contributed by atoms with Crippen LogP contribution in [0.4, 0.5) is 4.79 Å². The van der Waals surface area contributed by atoms with E-state index in [1.807, 2.05) is 30.3 Å². The highest BCUT2D eigenvalue weighted by Gasteiger charge is 2.39. The zero-order chi connectivity index (χ0) is 12.4. The zero-order valence-corrected chi connectivity index (χ0v) is 10.1. The molecule has 0 saturated carbocycles. The highest BCUT2D eigenvalue weighted by atomic mass is 35.5. The first-order valence-electron chi connectivity index (χ1n) is 5.30. The molecule has 0 aromatic heterocycles. The smallest absolute Gasteiger partial charge is 0.411 e. The van der Waals surface area contributed by atoms with Gasteiger partial charge in [-0.15, -0.1) is 0 Å². The number of amides is 1. The second kappa shape index (κ2) is 4.75. The maximum atomic E-state index is 11.6. The van der Waals surface area contributed by atoms with Gasteiger partial charge in [0.25, 0.3) is 0 Å². The van der Waals surface area contributed by atoms with E-state index in [2.05, 4.69) is 0 Å². The van der Waals surface area contributed by atoms with E-state index in [1.165, 1.54) is 4.90 Å². The van der Waals surface area contributed by atoms with Crippen molar-refractivity contribution in [2.45, 2.75) is 19.0 Å².